The predicted octanol–water partition coefficient (Wildman–Crippen LogP) is 3.65. The first-order valence-corrected chi connectivity index (χ1v) is 12.7. The zero-order valence-corrected chi connectivity index (χ0v) is 21.1. The van der Waals surface area contributed by atoms with Crippen LogP contribution in [0.25, 0.3) is 11.0 Å². The maximum absolute atomic E-state index is 12.7. The number of ether oxygens (including phenoxy) is 1. The van der Waals surface area contributed by atoms with E-state index >= 15 is 0 Å². The summed E-state index contributed by atoms with van der Waals surface area (Å²) in [6.07, 6.45) is 2.31. The third-order valence-electron chi connectivity index (χ3n) is 5.73. The Labute approximate surface area is 204 Å². The fraction of sp³-hybridized carbons (Fsp3) is 0.308. The number of nitrogens with one attached hydrogen (secondary N) is 1. The van der Waals surface area contributed by atoms with Crippen LogP contribution in [-0.4, -0.2) is 20.9 Å². The summed E-state index contributed by atoms with van der Waals surface area (Å²) in [7, 11) is -3.76. The standard InChI is InChI=1S/C26H30N2O6S/c1-16(2)13-14-33-23-11-9-21-17(3)22(26(30)34-25(21)18(23)4)10-12-24(29)28-15-19-5-7-20(8-6-19)35(27,31)32/h5-9,11,13H,10,12,14-15H2,1-4H3,(H,28,29)(H2,27,31,32). The minimum Gasteiger partial charge on any atom is -0.489 e. The molecule has 9 heteroatoms. The summed E-state index contributed by atoms with van der Waals surface area (Å²) in [6.45, 7) is 8.35. The van der Waals surface area contributed by atoms with Crippen LogP contribution in [0, 0.1) is 13.8 Å². The first-order chi connectivity index (χ1) is 16.5. The second kappa shape index (κ2) is 10.9. The molecule has 3 rings (SSSR count). The lowest BCUT2D eigenvalue weighted by Crippen LogP contribution is -2.24. The van der Waals surface area contributed by atoms with Crippen LogP contribution in [0.15, 0.2) is 62.2 Å². The van der Waals surface area contributed by atoms with Crippen molar-refractivity contribution in [1.29, 1.82) is 0 Å². The number of rotatable bonds is 9. The molecule has 3 N–H and O–H groups in total. The van der Waals surface area contributed by atoms with E-state index in [9.17, 15) is 18.0 Å². The van der Waals surface area contributed by atoms with E-state index in [1.54, 1.807) is 12.1 Å². The third kappa shape index (κ3) is 6.58. The van der Waals surface area contributed by atoms with E-state index in [-0.39, 0.29) is 30.2 Å². The second-order valence-corrected chi connectivity index (χ2v) is 10.2. The van der Waals surface area contributed by atoms with Gasteiger partial charge in [0.15, 0.2) is 0 Å². The van der Waals surface area contributed by atoms with E-state index in [0.29, 0.717) is 23.5 Å². The van der Waals surface area contributed by atoms with Crippen molar-refractivity contribution in [2.24, 2.45) is 5.14 Å². The summed E-state index contributed by atoms with van der Waals surface area (Å²) < 4.78 is 34.1. The molecule has 0 fully saturated rings. The minimum atomic E-state index is -3.76. The molecule has 0 aliphatic rings. The van der Waals surface area contributed by atoms with E-state index in [4.69, 9.17) is 14.3 Å². The highest BCUT2D eigenvalue weighted by Crippen LogP contribution is 2.29. The lowest BCUT2D eigenvalue weighted by molar-refractivity contribution is -0.121. The van der Waals surface area contributed by atoms with Crippen molar-refractivity contribution in [3.8, 4) is 5.75 Å². The second-order valence-electron chi connectivity index (χ2n) is 8.62. The molecule has 0 spiro atoms. The molecule has 3 aromatic rings. The third-order valence-corrected chi connectivity index (χ3v) is 6.66. The predicted molar refractivity (Wildman–Crippen MR) is 135 cm³/mol. The van der Waals surface area contributed by atoms with Crippen LogP contribution in [0.5, 0.6) is 5.75 Å². The molecule has 0 saturated heterocycles. The Balaban J connectivity index is 1.68. The molecule has 0 saturated carbocycles. The molecule has 0 radical (unpaired) electrons. The smallest absolute Gasteiger partial charge is 0.339 e. The zero-order valence-electron chi connectivity index (χ0n) is 20.3. The number of benzene rings is 2. The molecule has 2 aromatic carbocycles. The van der Waals surface area contributed by atoms with Gasteiger partial charge >= 0.3 is 5.63 Å². The average Bonchev–Trinajstić information content (AvgIpc) is 2.79. The number of amides is 1. The van der Waals surface area contributed by atoms with Crippen molar-refractivity contribution < 1.29 is 22.4 Å². The molecular formula is C26H30N2O6S. The summed E-state index contributed by atoms with van der Waals surface area (Å²) in [5.74, 6) is 0.417. The Kier molecular flexibility index (Phi) is 8.14. The number of hydrogen-bond donors (Lipinski definition) is 2. The Bertz CT molecular complexity index is 1430. The van der Waals surface area contributed by atoms with Crippen LogP contribution in [-0.2, 0) is 27.8 Å². The molecular weight excluding hydrogens is 468 g/mol. The van der Waals surface area contributed by atoms with Crippen molar-refractivity contribution in [1.82, 2.24) is 5.32 Å². The largest absolute Gasteiger partial charge is 0.489 e. The molecule has 1 aromatic heterocycles. The van der Waals surface area contributed by atoms with Gasteiger partial charge in [-0.2, -0.15) is 0 Å². The average molecular weight is 499 g/mol. The van der Waals surface area contributed by atoms with Gasteiger partial charge in [0.25, 0.3) is 0 Å². The minimum absolute atomic E-state index is 0.00731. The summed E-state index contributed by atoms with van der Waals surface area (Å²) in [5, 5.41) is 8.67. The topological polar surface area (TPSA) is 129 Å². The van der Waals surface area contributed by atoms with Crippen molar-refractivity contribution >= 4 is 26.9 Å². The number of carbonyl (C=O) groups excluding carboxylic acids is 1. The van der Waals surface area contributed by atoms with Gasteiger partial charge in [-0.25, -0.2) is 18.4 Å². The molecule has 8 nitrogen and oxygen atoms in total. The number of nitrogens with two attached hydrogens (primary N) is 1. The number of sulfonamides is 1. The highest BCUT2D eigenvalue weighted by molar-refractivity contribution is 7.89. The van der Waals surface area contributed by atoms with Gasteiger partial charge in [0.1, 0.15) is 17.9 Å². The number of hydrogen-bond acceptors (Lipinski definition) is 6. The van der Waals surface area contributed by atoms with Crippen LogP contribution in [0.2, 0.25) is 0 Å². The van der Waals surface area contributed by atoms with E-state index in [1.807, 2.05) is 45.9 Å². The first-order valence-electron chi connectivity index (χ1n) is 11.2. The summed E-state index contributed by atoms with van der Waals surface area (Å²) in [4.78, 5) is 25.1. The van der Waals surface area contributed by atoms with Crippen molar-refractivity contribution in [3.05, 3.63) is 80.7 Å². The lowest BCUT2D eigenvalue weighted by atomic mass is 10.00. The Morgan fingerprint density at radius 3 is 2.40 bits per heavy atom. The van der Waals surface area contributed by atoms with Crippen molar-refractivity contribution in [2.45, 2.75) is 52.0 Å². The van der Waals surface area contributed by atoms with Gasteiger partial charge in [-0.15, -0.1) is 0 Å². The lowest BCUT2D eigenvalue weighted by Gasteiger charge is -2.13. The molecule has 0 aliphatic carbocycles. The normalized spacial score (nSPS) is 11.3. The van der Waals surface area contributed by atoms with E-state index in [1.165, 1.54) is 12.1 Å². The van der Waals surface area contributed by atoms with Gasteiger partial charge in [0.05, 0.1) is 4.90 Å². The van der Waals surface area contributed by atoms with Gasteiger partial charge < -0.3 is 14.5 Å². The summed E-state index contributed by atoms with van der Waals surface area (Å²) in [5.41, 5.74) is 3.89. The van der Waals surface area contributed by atoms with E-state index in [0.717, 1.165) is 27.6 Å². The number of aryl methyl sites for hydroxylation is 2. The molecule has 0 bridgehead atoms. The monoisotopic (exact) mass is 498 g/mol. The highest BCUT2D eigenvalue weighted by atomic mass is 32.2. The molecule has 1 amide bonds. The SMILES string of the molecule is CC(C)=CCOc1ccc2c(C)c(CCC(=O)NCc3ccc(S(N)(=O)=O)cc3)c(=O)oc2c1C. The van der Waals surface area contributed by atoms with Crippen molar-refractivity contribution in [3.63, 3.8) is 0 Å². The molecule has 35 heavy (non-hydrogen) atoms. The van der Waals surface area contributed by atoms with E-state index < -0.39 is 15.6 Å². The molecule has 0 aliphatic heterocycles. The Morgan fingerprint density at radius 1 is 1.09 bits per heavy atom. The summed E-state index contributed by atoms with van der Waals surface area (Å²) >= 11 is 0. The molecule has 1 heterocycles. The van der Waals surface area contributed by atoms with Crippen LogP contribution in [0.4, 0.5) is 0 Å². The van der Waals surface area contributed by atoms with Crippen LogP contribution in [0.3, 0.4) is 0 Å². The van der Waals surface area contributed by atoms with Gasteiger partial charge in [-0.3, -0.25) is 4.79 Å². The zero-order chi connectivity index (χ0) is 25.8. The maximum Gasteiger partial charge on any atom is 0.339 e. The number of fused-ring (bicyclic) bond motifs is 1. The Morgan fingerprint density at radius 2 is 1.77 bits per heavy atom. The number of carbonyl (C=O) groups is 1. The fourth-order valence-corrected chi connectivity index (χ4v) is 4.15. The van der Waals surface area contributed by atoms with Crippen LogP contribution < -0.4 is 20.8 Å². The number of primary sulfonamides is 1. The van der Waals surface area contributed by atoms with Crippen molar-refractivity contribution in [2.75, 3.05) is 6.61 Å². The van der Waals surface area contributed by atoms with E-state index in [2.05, 4.69) is 5.32 Å². The molecule has 0 unspecified atom stereocenters. The van der Waals surface area contributed by atoms with Crippen LogP contribution >= 0.6 is 0 Å². The molecule has 186 valence electrons. The van der Waals surface area contributed by atoms with Crippen LogP contribution in [0.1, 0.15) is 42.5 Å². The maximum atomic E-state index is 12.7. The first kappa shape index (κ1) is 26.2. The summed E-state index contributed by atoms with van der Waals surface area (Å²) in [6, 6.07) is 9.68. The molecule has 0 atom stereocenters. The van der Waals surface area contributed by atoms with Gasteiger partial charge in [0, 0.05) is 29.5 Å². The van der Waals surface area contributed by atoms with Gasteiger partial charge in [-0.05, 0) is 75.6 Å². The van der Waals surface area contributed by atoms with Gasteiger partial charge in [0.2, 0.25) is 15.9 Å². The quantitative estimate of drug-likeness (QED) is 0.342. The number of allylic oxidation sites excluding steroid dienone is 1. The van der Waals surface area contributed by atoms with Gasteiger partial charge in [-0.1, -0.05) is 17.7 Å². The Hall–Kier alpha value is -3.43. The fourth-order valence-electron chi connectivity index (χ4n) is 3.64. The highest BCUT2D eigenvalue weighted by Gasteiger charge is 2.16.